The van der Waals surface area contributed by atoms with Gasteiger partial charge in [0.2, 0.25) is 10.0 Å². The lowest BCUT2D eigenvalue weighted by Gasteiger charge is -2.40. The summed E-state index contributed by atoms with van der Waals surface area (Å²) in [6, 6.07) is 16.5. The van der Waals surface area contributed by atoms with E-state index in [2.05, 4.69) is 5.48 Å². The predicted octanol–water partition coefficient (Wildman–Crippen LogP) is 2.76. The summed E-state index contributed by atoms with van der Waals surface area (Å²) in [5.41, 5.74) is 2.39. The Morgan fingerprint density at radius 1 is 1.14 bits per heavy atom. The number of aliphatic hydroxyl groups excluding tert-OH is 1. The number of ether oxygens (including phenoxy) is 4. The average molecular weight is 549 g/mol. The van der Waals surface area contributed by atoms with Gasteiger partial charge in [-0.15, -0.1) is 11.3 Å². The van der Waals surface area contributed by atoms with Crippen molar-refractivity contribution in [1.82, 2.24) is 9.79 Å². The van der Waals surface area contributed by atoms with E-state index in [0.29, 0.717) is 22.8 Å². The Morgan fingerprint density at radius 3 is 2.49 bits per heavy atom. The number of hydrogen-bond acceptors (Lipinski definition) is 10. The molecule has 3 atom stereocenters. The zero-order valence-electron chi connectivity index (χ0n) is 20.1. The SMILES string of the molecule is COc1ccc(S(=O)(=O)N2Cc3cc(COCOCc4ccccc4)sc3C(O)C2C2(NO)CO2)cc1. The summed E-state index contributed by atoms with van der Waals surface area (Å²) in [5, 5.41) is 21.1. The van der Waals surface area contributed by atoms with Gasteiger partial charge in [0, 0.05) is 16.3 Å². The number of hydroxylamine groups is 1. The zero-order valence-corrected chi connectivity index (χ0v) is 21.7. The monoisotopic (exact) mass is 548 g/mol. The molecule has 2 aromatic carbocycles. The molecule has 37 heavy (non-hydrogen) atoms. The minimum atomic E-state index is -4.07. The molecule has 2 aliphatic heterocycles. The largest absolute Gasteiger partial charge is 0.497 e. The first kappa shape index (κ1) is 26.2. The summed E-state index contributed by atoms with van der Waals surface area (Å²) in [6.07, 6.45) is -1.23. The molecule has 0 radical (unpaired) electrons. The highest BCUT2D eigenvalue weighted by Gasteiger charge is 2.61. The number of rotatable bonds is 11. The third-order valence-corrected chi connectivity index (χ3v) is 9.47. The van der Waals surface area contributed by atoms with Crippen molar-refractivity contribution in [2.24, 2.45) is 0 Å². The van der Waals surface area contributed by atoms with Crippen molar-refractivity contribution in [3.8, 4) is 5.75 Å². The second-order valence-corrected chi connectivity index (χ2v) is 11.9. The normalized spacial score (nSPS) is 23.5. The zero-order chi connectivity index (χ0) is 26.0. The van der Waals surface area contributed by atoms with Gasteiger partial charge in [-0.3, -0.25) is 0 Å². The van der Waals surface area contributed by atoms with Crippen molar-refractivity contribution in [2.75, 3.05) is 20.5 Å². The van der Waals surface area contributed by atoms with E-state index in [-0.39, 0.29) is 31.4 Å². The van der Waals surface area contributed by atoms with Crippen LogP contribution in [0.5, 0.6) is 5.75 Å². The Balaban J connectivity index is 1.33. The Kier molecular flexibility index (Phi) is 7.63. The van der Waals surface area contributed by atoms with Crippen LogP contribution in [0.4, 0.5) is 0 Å². The van der Waals surface area contributed by atoms with Gasteiger partial charge in [-0.25, -0.2) is 8.42 Å². The summed E-state index contributed by atoms with van der Waals surface area (Å²) in [6.45, 7) is 0.812. The molecule has 0 saturated carbocycles. The summed E-state index contributed by atoms with van der Waals surface area (Å²) >= 11 is 1.34. The third kappa shape index (κ3) is 5.30. The first-order chi connectivity index (χ1) is 17.9. The molecular formula is C25H28N2O8S2. The summed E-state index contributed by atoms with van der Waals surface area (Å²) in [5.74, 6) is 0.519. The number of nitrogens with zero attached hydrogens (tertiary/aromatic N) is 1. The number of thiophene rings is 1. The minimum absolute atomic E-state index is 0.000774. The van der Waals surface area contributed by atoms with Crippen LogP contribution < -0.4 is 10.2 Å². The molecule has 1 saturated heterocycles. The molecule has 198 valence electrons. The van der Waals surface area contributed by atoms with Gasteiger partial charge in [0.1, 0.15) is 24.7 Å². The molecule has 3 aromatic rings. The molecule has 0 bridgehead atoms. The van der Waals surface area contributed by atoms with Gasteiger partial charge >= 0.3 is 0 Å². The van der Waals surface area contributed by atoms with Gasteiger partial charge < -0.3 is 29.3 Å². The lowest BCUT2D eigenvalue weighted by molar-refractivity contribution is -0.0682. The van der Waals surface area contributed by atoms with Crippen molar-refractivity contribution in [3.05, 3.63) is 81.5 Å². The van der Waals surface area contributed by atoms with E-state index >= 15 is 0 Å². The summed E-state index contributed by atoms with van der Waals surface area (Å²) in [7, 11) is -2.57. The van der Waals surface area contributed by atoms with Crippen LogP contribution in [0.1, 0.15) is 27.0 Å². The van der Waals surface area contributed by atoms with Gasteiger partial charge in [-0.2, -0.15) is 9.79 Å². The first-order valence-corrected chi connectivity index (χ1v) is 13.8. The quantitative estimate of drug-likeness (QED) is 0.143. The number of hydrogen-bond donors (Lipinski definition) is 3. The number of methoxy groups -OCH3 is 1. The second kappa shape index (κ2) is 10.8. The van der Waals surface area contributed by atoms with Crippen LogP contribution in [0.2, 0.25) is 0 Å². The van der Waals surface area contributed by atoms with Crippen LogP contribution in [-0.4, -0.2) is 55.3 Å². The van der Waals surface area contributed by atoms with Gasteiger partial charge in [0.15, 0.2) is 5.72 Å². The lowest BCUT2D eigenvalue weighted by Crippen LogP contribution is -2.58. The van der Waals surface area contributed by atoms with Crippen molar-refractivity contribution in [3.63, 3.8) is 0 Å². The molecular weight excluding hydrogens is 520 g/mol. The molecule has 1 fully saturated rings. The number of sulfonamides is 1. The fourth-order valence-corrected chi connectivity index (χ4v) is 7.21. The number of benzene rings is 2. The molecule has 2 aliphatic rings. The van der Waals surface area contributed by atoms with Crippen molar-refractivity contribution in [1.29, 1.82) is 0 Å². The topological polar surface area (TPSA) is 130 Å². The highest BCUT2D eigenvalue weighted by molar-refractivity contribution is 7.89. The van der Waals surface area contributed by atoms with Gasteiger partial charge in [-0.05, 0) is 41.5 Å². The molecule has 10 nitrogen and oxygen atoms in total. The van der Waals surface area contributed by atoms with Crippen molar-refractivity contribution in [2.45, 2.75) is 42.5 Å². The van der Waals surface area contributed by atoms with E-state index in [4.69, 9.17) is 18.9 Å². The van der Waals surface area contributed by atoms with Crippen LogP contribution in [0.25, 0.3) is 0 Å². The van der Waals surface area contributed by atoms with E-state index in [1.807, 2.05) is 36.4 Å². The summed E-state index contributed by atoms with van der Waals surface area (Å²) in [4.78, 5) is 1.47. The average Bonchev–Trinajstić information content (AvgIpc) is 3.60. The molecule has 0 spiro atoms. The van der Waals surface area contributed by atoms with E-state index < -0.39 is 27.9 Å². The fraction of sp³-hybridized carbons (Fsp3) is 0.360. The Labute approximate surface area is 219 Å². The van der Waals surface area contributed by atoms with E-state index in [9.17, 15) is 18.7 Å². The smallest absolute Gasteiger partial charge is 0.243 e. The lowest BCUT2D eigenvalue weighted by atomic mass is 9.95. The van der Waals surface area contributed by atoms with Crippen LogP contribution >= 0.6 is 11.3 Å². The maximum Gasteiger partial charge on any atom is 0.243 e. The molecule has 3 heterocycles. The maximum atomic E-state index is 13.7. The number of nitrogens with one attached hydrogen (secondary N) is 1. The second-order valence-electron chi connectivity index (χ2n) is 8.81. The molecule has 1 aromatic heterocycles. The molecule has 12 heteroatoms. The summed E-state index contributed by atoms with van der Waals surface area (Å²) < 4.78 is 50.3. The molecule has 0 amide bonds. The molecule has 0 aliphatic carbocycles. The maximum absolute atomic E-state index is 13.7. The number of epoxide rings is 1. The number of fused-ring (bicyclic) bond motifs is 1. The first-order valence-electron chi connectivity index (χ1n) is 11.6. The Hall–Kier alpha value is -2.39. The van der Waals surface area contributed by atoms with Crippen LogP contribution in [0.15, 0.2) is 65.6 Å². The van der Waals surface area contributed by atoms with Crippen LogP contribution in [0.3, 0.4) is 0 Å². The fourth-order valence-electron chi connectivity index (χ4n) is 4.43. The predicted molar refractivity (Wildman–Crippen MR) is 133 cm³/mol. The standard InChI is InChI=1S/C25H28N2O8S2/c1-32-19-7-9-21(10-8-19)37(30,31)27-12-18-11-20(14-34-16-33-13-17-5-3-2-4-6-17)36-23(18)22(28)24(27)25(26-29)15-35-25/h2-11,22,24,26,28-29H,12-16H2,1H3. The Morgan fingerprint density at radius 2 is 1.84 bits per heavy atom. The Bertz CT molecular complexity index is 1310. The molecule has 3 N–H and O–H groups in total. The van der Waals surface area contributed by atoms with Crippen LogP contribution in [-0.2, 0) is 44.0 Å². The van der Waals surface area contributed by atoms with E-state index in [0.717, 1.165) is 10.4 Å². The highest BCUT2D eigenvalue weighted by Crippen LogP contribution is 2.47. The van der Waals surface area contributed by atoms with Crippen LogP contribution in [0, 0.1) is 0 Å². The molecule has 3 unspecified atom stereocenters. The molecule has 5 rings (SSSR count). The van der Waals surface area contributed by atoms with Gasteiger partial charge in [-0.1, -0.05) is 30.3 Å². The third-order valence-electron chi connectivity index (χ3n) is 6.41. The van der Waals surface area contributed by atoms with Gasteiger partial charge in [0.05, 0.1) is 31.8 Å². The highest BCUT2D eigenvalue weighted by atomic mass is 32.2. The van der Waals surface area contributed by atoms with Crippen molar-refractivity contribution >= 4 is 21.4 Å². The van der Waals surface area contributed by atoms with Crippen molar-refractivity contribution < 1.29 is 37.7 Å². The van der Waals surface area contributed by atoms with E-state index in [1.165, 1.54) is 34.9 Å². The number of aliphatic hydroxyl groups is 1. The minimum Gasteiger partial charge on any atom is -0.497 e. The van der Waals surface area contributed by atoms with E-state index in [1.54, 1.807) is 12.1 Å². The van der Waals surface area contributed by atoms with Gasteiger partial charge in [0.25, 0.3) is 0 Å².